The van der Waals surface area contributed by atoms with Crippen molar-refractivity contribution in [3.05, 3.63) is 41.9 Å². The Morgan fingerprint density at radius 3 is 2.64 bits per heavy atom. The Labute approximate surface area is 132 Å². The largest absolute Gasteiger partial charge is 0.336 e. The van der Waals surface area contributed by atoms with Crippen molar-refractivity contribution in [1.29, 1.82) is 0 Å². The van der Waals surface area contributed by atoms with Gasteiger partial charge in [0, 0.05) is 26.2 Å². The minimum atomic E-state index is -0.107. The number of amides is 2. The van der Waals surface area contributed by atoms with Gasteiger partial charge in [-0.25, -0.2) is 0 Å². The van der Waals surface area contributed by atoms with E-state index in [9.17, 15) is 9.59 Å². The van der Waals surface area contributed by atoms with Crippen LogP contribution in [0.25, 0.3) is 10.6 Å². The Morgan fingerprint density at radius 1 is 1.27 bits per heavy atom. The standard InChI is InChI=1S/C15H16N4O2S/c1-2-14(20)18-5-7-19(8-6-18)15(21)12-10-11(16-17-12)13-4-3-9-22-13/h2-4,9-10H,1,5-8H2,(H,16,17). The van der Waals surface area contributed by atoms with Crippen LogP contribution in [0, 0.1) is 0 Å². The highest BCUT2D eigenvalue weighted by Gasteiger charge is 2.25. The van der Waals surface area contributed by atoms with E-state index in [4.69, 9.17) is 0 Å². The van der Waals surface area contributed by atoms with Gasteiger partial charge in [-0.3, -0.25) is 14.7 Å². The average Bonchev–Trinajstić information content (AvgIpc) is 3.24. The summed E-state index contributed by atoms with van der Waals surface area (Å²) in [5.41, 5.74) is 1.26. The first kappa shape index (κ1) is 14.5. The average molecular weight is 316 g/mol. The Bertz CT molecular complexity index is 684. The van der Waals surface area contributed by atoms with E-state index in [0.717, 1.165) is 10.6 Å². The summed E-state index contributed by atoms with van der Waals surface area (Å²) in [5.74, 6) is -0.198. The number of thiophene rings is 1. The lowest BCUT2D eigenvalue weighted by atomic mass is 10.2. The molecule has 7 heteroatoms. The molecular weight excluding hydrogens is 300 g/mol. The topological polar surface area (TPSA) is 69.3 Å². The van der Waals surface area contributed by atoms with E-state index in [-0.39, 0.29) is 11.8 Å². The molecule has 6 nitrogen and oxygen atoms in total. The van der Waals surface area contributed by atoms with Crippen molar-refractivity contribution < 1.29 is 9.59 Å². The molecule has 0 radical (unpaired) electrons. The van der Waals surface area contributed by atoms with Crippen LogP contribution in [0.3, 0.4) is 0 Å². The van der Waals surface area contributed by atoms with E-state index in [1.54, 1.807) is 27.2 Å². The zero-order valence-electron chi connectivity index (χ0n) is 12.0. The Hall–Kier alpha value is -2.41. The number of nitrogens with one attached hydrogen (secondary N) is 1. The molecular formula is C15H16N4O2S. The van der Waals surface area contributed by atoms with Crippen molar-refractivity contribution in [2.75, 3.05) is 26.2 Å². The number of carbonyl (C=O) groups excluding carboxylic acids is 2. The maximum Gasteiger partial charge on any atom is 0.274 e. The SMILES string of the molecule is C=CC(=O)N1CCN(C(=O)c2cc(-c3cccs3)[nH]n2)CC1. The molecule has 0 saturated carbocycles. The molecule has 0 atom stereocenters. The number of piperazine rings is 1. The Balaban J connectivity index is 1.65. The lowest BCUT2D eigenvalue weighted by Gasteiger charge is -2.33. The second-order valence-electron chi connectivity index (χ2n) is 4.97. The normalized spacial score (nSPS) is 14.9. The number of nitrogens with zero attached hydrogens (tertiary/aromatic N) is 3. The van der Waals surface area contributed by atoms with Gasteiger partial charge in [-0.05, 0) is 23.6 Å². The van der Waals surface area contributed by atoms with E-state index >= 15 is 0 Å². The Morgan fingerprint density at radius 2 is 2.00 bits per heavy atom. The van der Waals surface area contributed by atoms with Gasteiger partial charge in [0.1, 0.15) is 0 Å². The number of rotatable bonds is 3. The van der Waals surface area contributed by atoms with Crippen LogP contribution in [0.1, 0.15) is 10.5 Å². The van der Waals surface area contributed by atoms with Gasteiger partial charge in [-0.1, -0.05) is 12.6 Å². The van der Waals surface area contributed by atoms with Crippen molar-refractivity contribution in [3.63, 3.8) is 0 Å². The minimum absolute atomic E-state index is 0.0909. The van der Waals surface area contributed by atoms with Gasteiger partial charge < -0.3 is 9.80 Å². The molecule has 2 aromatic heterocycles. The molecule has 0 unspecified atom stereocenters. The quantitative estimate of drug-likeness (QED) is 0.875. The summed E-state index contributed by atoms with van der Waals surface area (Å²) in [6.07, 6.45) is 1.30. The van der Waals surface area contributed by atoms with Crippen molar-refractivity contribution in [2.24, 2.45) is 0 Å². The number of hydrogen-bond donors (Lipinski definition) is 1. The van der Waals surface area contributed by atoms with Crippen molar-refractivity contribution in [2.45, 2.75) is 0 Å². The molecule has 1 aliphatic heterocycles. The molecule has 1 saturated heterocycles. The zero-order valence-corrected chi connectivity index (χ0v) is 12.8. The van der Waals surface area contributed by atoms with Crippen LogP contribution in [-0.4, -0.2) is 58.0 Å². The molecule has 0 spiro atoms. The van der Waals surface area contributed by atoms with Gasteiger partial charge in [-0.15, -0.1) is 11.3 Å². The van der Waals surface area contributed by atoms with Crippen molar-refractivity contribution >= 4 is 23.2 Å². The van der Waals surface area contributed by atoms with Gasteiger partial charge in [0.15, 0.2) is 5.69 Å². The first-order valence-corrected chi connectivity index (χ1v) is 7.87. The fourth-order valence-corrected chi connectivity index (χ4v) is 3.10. The summed E-state index contributed by atoms with van der Waals surface area (Å²) < 4.78 is 0. The number of aromatic amines is 1. The molecule has 0 aromatic carbocycles. The fourth-order valence-electron chi connectivity index (χ4n) is 2.41. The van der Waals surface area contributed by atoms with E-state index < -0.39 is 0 Å². The third-order valence-corrected chi connectivity index (χ3v) is 4.54. The third-order valence-electron chi connectivity index (χ3n) is 3.64. The van der Waals surface area contributed by atoms with E-state index in [1.165, 1.54) is 6.08 Å². The van der Waals surface area contributed by atoms with Crippen LogP contribution < -0.4 is 0 Å². The first-order chi connectivity index (χ1) is 10.7. The molecule has 3 rings (SSSR count). The van der Waals surface area contributed by atoms with Crippen LogP contribution in [0.2, 0.25) is 0 Å². The smallest absolute Gasteiger partial charge is 0.274 e. The van der Waals surface area contributed by atoms with Crippen LogP contribution in [-0.2, 0) is 4.79 Å². The molecule has 0 aliphatic carbocycles. The van der Waals surface area contributed by atoms with Crippen LogP contribution in [0.15, 0.2) is 36.2 Å². The summed E-state index contributed by atoms with van der Waals surface area (Å²) in [7, 11) is 0. The molecule has 1 N–H and O–H groups in total. The number of aromatic nitrogens is 2. The first-order valence-electron chi connectivity index (χ1n) is 6.99. The van der Waals surface area contributed by atoms with Gasteiger partial charge in [-0.2, -0.15) is 5.10 Å². The summed E-state index contributed by atoms with van der Waals surface area (Å²) in [4.78, 5) is 28.5. The molecule has 1 aliphatic rings. The lowest BCUT2D eigenvalue weighted by Crippen LogP contribution is -2.50. The predicted octanol–water partition coefficient (Wildman–Crippen LogP) is 1.61. The van der Waals surface area contributed by atoms with Crippen LogP contribution >= 0.6 is 11.3 Å². The van der Waals surface area contributed by atoms with Crippen LogP contribution in [0.4, 0.5) is 0 Å². The Kier molecular flexibility index (Phi) is 4.06. The van der Waals surface area contributed by atoms with Gasteiger partial charge in [0.2, 0.25) is 5.91 Å². The monoisotopic (exact) mass is 316 g/mol. The lowest BCUT2D eigenvalue weighted by molar-refractivity contribution is -0.127. The summed E-state index contributed by atoms with van der Waals surface area (Å²) in [5, 5.41) is 8.99. The zero-order chi connectivity index (χ0) is 15.5. The third kappa shape index (κ3) is 2.80. The molecule has 22 heavy (non-hydrogen) atoms. The second kappa shape index (κ2) is 6.15. The fraction of sp³-hybridized carbons (Fsp3) is 0.267. The van der Waals surface area contributed by atoms with E-state index in [2.05, 4.69) is 16.8 Å². The molecule has 3 heterocycles. The summed E-state index contributed by atoms with van der Waals surface area (Å²) in [6, 6.07) is 5.71. The van der Waals surface area contributed by atoms with E-state index in [0.29, 0.717) is 31.9 Å². The molecule has 1 fully saturated rings. The minimum Gasteiger partial charge on any atom is -0.336 e. The molecule has 0 bridgehead atoms. The van der Waals surface area contributed by atoms with Gasteiger partial charge in [0.05, 0.1) is 10.6 Å². The molecule has 2 aromatic rings. The van der Waals surface area contributed by atoms with Crippen molar-refractivity contribution in [3.8, 4) is 10.6 Å². The highest BCUT2D eigenvalue weighted by molar-refractivity contribution is 7.13. The maximum atomic E-state index is 12.5. The van der Waals surface area contributed by atoms with Gasteiger partial charge >= 0.3 is 0 Å². The van der Waals surface area contributed by atoms with Gasteiger partial charge in [0.25, 0.3) is 5.91 Å². The number of carbonyl (C=O) groups is 2. The predicted molar refractivity (Wildman–Crippen MR) is 84.6 cm³/mol. The highest BCUT2D eigenvalue weighted by Crippen LogP contribution is 2.23. The van der Waals surface area contributed by atoms with Crippen LogP contribution in [0.5, 0.6) is 0 Å². The molecule has 114 valence electrons. The summed E-state index contributed by atoms with van der Waals surface area (Å²) in [6.45, 7) is 5.56. The van der Waals surface area contributed by atoms with Crippen molar-refractivity contribution in [1.82, 2.24) is 20.0 Å². The molecule has 2 amide bonds. The number of H-pyrrole nitrogens is 1. The highest BCUT2D eigenvalue weighted by atomic mass is 32.1. The second-order valence-corrected chi connectivity index (χ2v) is 5.91. The van der Waals surface area contributed by atoms with E-state index in [1.807, 2.05) is 17.5 Å². The number of hydrogen-bond acceptors (Lipinski definition) is 4. The maximum absolute atomic E-state index is 12.5. The summed E-state index contributed by atoms with van der Waals surface area (Å²) >= 11 is 1.59.